The lowest BCUT2D eigenvalue weighted by atomic mass is 9.72. The van der Waals surface area contributed by atoms with Gasteiger partial charge in [-0.25, -0.2) is 0 Å². The Bertz CT molecular complexity index is 1430. The van der Waals surface area contributed by atoms with Crippen molar-refractivity contribution in [2.75, 3.05) is 11.9 Å². The summed E-state index contributed by atoms with van der Waals surface area (Å²) in [5.74, 6) is 0.652. The largest absolute Gasteiger partial charge is 0.381 e. The third kappa shape index (κ3) is 4.42. The maximum atomic E-state index is 14.4. The molecule has 4 aliphatic rings. The summed E-state index contributed by atoms with van der Waals surface area (Å²) < 4.78 is 0. The van der Waals surface area contributed by atoms with Gasteiger partial charge in [0.2, 0.25) is 5.91 Å². The third-order valence-electron chi connectivity index (χ3n) is 9.74. The monoisotopic (exact) mass is 531 g/mol. The lowest BCUT2D eigenvalue weighted by Crippen LogP contribution is -2.51. The van der Waals surface area contributed by atoms with Crippen molar-refractivity contribution in [1.29, 1.82) is 0 Å². The van der Waals surface area contributed by atoms with Crippen molar-refractivity contribution < 1.29 is 9.59 Å². The fourth-order valence-corrected chi connectivity index (χ4v) is 7.87. The van der Waals surface area contributed by atoms with E-state index in [4.69, 9.17) is 0 Å². The predicted octanol–water partition coefficient (Wildman–Crippen LogP) is 6.56. The number of rotatable bonds is 4. The summed E-state index contributed by atoms with van der Waals surface area (Å²) in [6, 6.07) is 26.9. The smallest absolute Gasteiger partial charge is 0.251 e. The molecule has 0 radical (unpaired) electrons. The van der Waals surface area contributed by atoms with Gasteiger partial charge in [0, 0.05) is 41.7 Å². The van der Waals surface area contributed by atoms with Gasteiger partial charge < -0.3 is 15.5 Å². The SMILES string of the molecule is O=C(N[C@@H]1CCCC[C@@H]1C(=O)N1CC[C@@H]2[C@H](C3CC=Cc4ccccc43)Nc3ccccc3[C@@H]21)c1ccccc1. The number of anilines is 1. The van der Waals surface area contributed by atoms with E-state index in [9.17, 15) is 9.59 Å². The van der Waals surface area contributed by atoms with Gasteiger partial charge in [-0.15, -0.1) is 0 Å². The topological polar surface area (TPSA) is 61.4 Å². The number of allylic oxidation sites excluding steroid dienone is 1. The van der Waals surface area contributed by atoms with Crippen molar-refractivity contribution >= 4 is 23.6 Å². The maximum Gasteiger partial charge on any atom is 0.251 e. The Hall–Kier alpha value is -3.86. The van der Waals surface area contributed by atoms with Crippen molar-refractivity contribution in [2.45, 2.75) is 62.6 Å². The minimum absolute atomic E-state index is 0.0559. The second kappa shape index (κ2) is 10.6. The highest BCUT2D eigenvalue weighted by Gasteiger charge is 2.50. The van der Waals surface area contributed by atoms with Crippen LogP contribution in [-0.4, -0.2) is 35.3 Å². The van der Waals surface area contributed by atoms with E-state index in [1.807, 2.05) is 30.3 Å². The zero-order valence-corrected chi connectivity index (χ0v) is 22.8. The Balaban J connectivity index is 1.18. The van der Waals surface area contributed by atoms with Gasteiger partial charge in [0.25, 0.3) is 5.91 Å². The van der Waals surface area contributed by atoms with E-state index >= 15 is 0 Å². The van der Waals surface area contributed by atoms with E-state index in [-0.39, 0.29) is 35.9 Å². The first-order valence-corrected chi connectivity index (χ1v) is 15.0. The number of hydrogen-bond acceptors (Lipinski definition) is 3. The second-order valence-corrected chi connectivity index (χ2v) is 11.9. The molecule has 0 spiro atoms. The van der Waals surface area contributed by atoms with E-state index in [1.54, 1.807) is 0 Å². The molecule has 5 nitrogen and oxygen atoms in total. The van der Waals surface area contributed by atoms with Gasteiger partial charge in [-0.05, 0) is 60.6 Å². The lowest BCUT2D eigenvalue weighted by Gasteiger charge is -2.45. The molecule has 1 unspecified atom stereocenters. The van der Waals surface area contributed by atoms with Crippen LogP contribution in [0.15, 0.2) is 84.9 Å². The first-order valence-electron chi connectivity index (χ1n) is 15.0. The summed E-state index contributed by atoms with van der Waals surface area (Å²) >= 11 is 0. The number of carbonyl (C=O) groups is 2. The highest BCUT2D eigenvalue weighted by Crippen LogP contribution is 2.51. The first-order chi connectivity index (χ1) is 19.7. The molecule has 1 saturated heterocycles. The van der Waals surface area contributed by atoms with Crippen LogP contribution in [0.25, 0.3) is 6.08 Å². The molecule has 3 aromatic rings. The molecule has 2 amide bonds. The van der Waals surface area contributed by atoms with Crippen LogP contribution in [0.4, 0.5) is 5.69 Å². The van der Waals surface area contributed by atoms with Gasteiger partial charge in [-0.1, -0.05) is 85.7 Å². The van der Waals surface area contributed by atoms with Crippen LogP contribution in [0.5, 0.6) is 0 Å². The van der Waals surface area contributed by atoms with Crippen molar-refractivity contribution in [2.24, 2.45) is 11.8 Å². The molecule has 0 aromatic heterocycles. The van der Waals surface area contributed by atoms with Crippen LogP contribution in [-0.2, 0) is 4.79 Å². The van der Waals surface area contributed by atoms with Crippen LogP contribution >= 0.6 is 0 Å². The van der Waals surface area contributed by atoms with Gasteiger partial charge in [-0.3, -0.25) is 9.59 Å². The van der Waals surface area contributed by atoms with Crippen LogP contribution in [0.1, 0.15) is 77.5 Å². The Labute approximate surface area is 236 Å². The lowest BCUT2D eigenvalue weighted by molar-refractivity contribution is -0.138. The number of nitrogens with zero attached hydrogens (tertiary/aromatic N) is 1. The minimum atomic E-state index is -0.181. The Kier molecular flexibility index (Phi) is 6.66. The fraction of sp³-hybridized carbons (Fsp3) is 0.371. The summed E-state index contributed by atoms with van der Waals surface area (Å²) in [6.07, 6.45) is 10.3. The van der Waals surface area contributed by atoms with E-state index in [2.05, 4.69) is 76.2 Å². The number of carbonyl (C=O) groups excluding carboxylic acids is 2. The number of nitrogens with one attached hydrogen (secondary N) is 2. The van der Waals surface area contributed by atoms with E-state index in [0.717, 1.165) is 50.8 Å². The predicted molar refractivity (Wildman–Crippen MR) is 159 cm³/mol. The molecule has 2 aliphatic heterocycles. The highest BCUT2D eigenvalue weighted by atomic mass is 16.2. The van der Waals surface area contributed by atoms with Gasteiger partial charge in [0.1, 0.15) is 0 Å². The zero-order chi connectivity index (χ0) is 27.1. The average molecular weight is 532 g/mol. The third-order valence-corrected chi connectivity index (χ3v) is 9.74. The average Bonchev–Trinajstić information content (AvgIpc) is 3.46. The molecule has 3 aromatic carbocycles. The molecule has 6 atom stereocenters. The molecule has 204 valence electrons. The number of fused-ring (bicyclic) bond motifs is 4. The van der Waals surface area contributed by atoms with Gasteiger partial charge in [-0.2, -0.15) is 0 Å². The van der Waals surface area contributed by atoms with E-state index < -0.39 is 0 Å². The Morgan fingerprint density at radius 3 is 2.45 bits per heavy atom. The number of likely N-dealkylation sites (tertiary alicyclic amines) is 1. The number of hydrogen-bond donors (Lipinski definition) is 2. The van der Waals surface area contributed by atoms with Crippen molar-refractivity contribution in [1.82, 2.24) is 10.2 Å². The summed E-state index contributed by atoms with van der Waals surface area (Å²) in [7, 11) is 0. The summed E-state index contributed by atoms with van der Waals surface area (Å²) in [5.41, 5.74) is 5.74. The number of para-hydroxylation sites is 1. The molecule has 2 N–H and O–H groups in total. The van der Waals surface area contributed by atoms with Crippen molar-refractivity contribution in [3.63, 3.8) is 0 Å². The molecule has 40 heavy (non-hydrogen) atoms. The molecule has 5 heteroatoms. The van der Waals surface area contributed by atoms with Crippen molar-refractivity contribution in [3.05, 3.63) is 107 Å². The zero-order valence-electron chi connectivity index (χ0n) is 22.8. The van der Waals surface area contributed by atoms with Crippen LogP contribution in [0.3, 0.4) is 0 Å². The Morgan fingerprint density at radius 2 is 1.57 bits per heavy atom. The normalized spacial score (nSPS) is 28.6. The summed E-state index contributed by atoms with van der Waals surface area (Å²) in [6.45, 7) is 0.765. The summed E-state index contributed by atoms with van der Waals surface area (Å²) in [4.78, 5) is 29.7. The molecular formula is C35H37N3O2. The van der Waals surface area contributed by atoms with Crippen molar-refractivity contribution in [3.8, 4) is 0 Å². The molecular weight excluding hydrogens is 494 g/mol. The molecule has 2 fully saturated rings. The molecule has 1 saturated carbocycles. The number of benzene rings is 3. The standard InChI is InChI=1S/C35H37N3O2/c39-34(24-12-2-1-3-13-24)37-31-20-9-7-17-28(31)35(40)38-22-21-29-32(36-30-19-8-6-16-27(30)33(29)38)26-18-10-14-23-11-4-5-15-25(23)26/h1-6,8,10-16,19,26,28-29,31-33,36H,7,9,17-18,20-22H2,(H,37,39)/t26?,28-,29+,31+,32-,33-/m0/s1. The summed E-state index contributed by atoms with van der Waals surface area (Å²) in [5, 5.41) is 7.19. The van der Waals surface area contributed by atoms with Crippen LogP contribution < -0.4 is 10.6 Å². The van der Waals surface area contributed by atoms with Gasteiger partial charge >= 0.3 is 0 Å². The highest BCUT2D eigenvalue weighted by molar-refractivity contribution is 5.95. The molecule has 2 aliphatic carbocycles. The van der Waals surface area contributed by atoms with E-state index in [1.165, 1.54) is 16.7 Å². The fourth-order valence-electron chi connectivity index (χ4n) is 7.87. The first kappa shape index (κ1) is 25.1. The number of amides is 2. The molecule has 2 heterocycles. The van der Waals surface area contributed by atoms with Gasteiger partial charge in [0.05, 0.1) is 12.0 Å². The Morgan fingerprint density at radius 1 is 0.825 bits per heavy atom. The maximum absolute atomic E-state index is 14.4. The van der Waals surface area contributed by atoms with Gasteiger partial charge in [0.15, 0.2) is 0 Å². The second-order valence-electron chi connectivity index (χ2n) is 11.9. The van der Waals surface area contributed by atoms with E-state index in [0.29, 0.717) is 17.4 Å². The molecule has 7 rings (SSSR count). The minimum Gasteiger partial charge on any atom is -0.381 e. The molecule has 0 bridgehead atoms. The quantitative estimate of drug-likeness (QED) is 0.401. The van der Waals surface area contributed by atoms with Crippen LogP contribution in [0.2, 0.25) is 0 Å². The van der Waals surface area contributed by atoms with Crippen LogP contribution in [0, 0.1) is 11.8 Å².